The van der Waals surface area contributed by atoms with Crippen molar-refractivity contribution < 1.29 is 26.3 Å². The van der Waals surface area contributed by atoms with Gasteiger partial charge in [0.2, 0.25) is 5.95 Å². The fourth-order valence-corrected chi connectivity index (χ4v) is 3.42. The quantitative estimate of drug-likeness (QED) is 0.553. The van der Waals surface area contributed by atoms with Gasteiger partial charge in [0.25, 0.3) is 0 Å². The minimum Gasteiger partial charge on any atom is -0.495 e. The summed E-state index contributed by atoms with van der Waals surface area (Å²) >= 11 is 0. The second-order valence-corrected chi connectivity index (χ2v) is 8.57. The Morgan fingerprint density at radius 3 is 2.52 bits per heavy atom. The van der Waals surface area contributed by atoms with E-state index in [1.807, 2.05) is 0 Å². The van der Waals surface area contributed by atoms with Crippen molar-refractivity contribution in [2.45, 2.75) is 17.6 Å². The Balaban J connectivity index is 1.90. The number of aromatic nitrogens is 2. The molecule has 0 bridgehead atoms. The molecule has 0 radical (unpaired) electrons. The monoisotopic (exact) mass is 452 g/mol. The highest BCUT2D eigenvalue weighted by Crippen LogP contribution is 2.35. The van der Waals surface area contributed by atoms with Crippen LogP contribution in [0.5, 0.6) is 5.75 Å². The lowest BCUT2D eigenvalue weighted by Crippen LogP contribution is -2.14. The third-order valence-corrected chi connectivity index (χ3v) is 5.34. The molecule has 7 nitrogen and oxygen atoms in total. The van der Waals surface area contributed by atoms with E-state index in [4.69, 9.17) is 4.74 Å². The van der Waals surface area contributed by atoms with Crippen LogP contribution in [0.2, 0.25) is 0 Å². The molecule has 0 aliphatic carbocycles. The van der Waals surface area contributed by atoms with Gasteiger partial charge in [-0.3, -0.25) is 0 Å². The van der Waals surface area contributed by atoms with Gasteiger partial charge in [-0.05, 0) is 29.8 Å². The lowest BCUT2D eigenvalue weighted by molar-refractivity contribution is -0.137. The summed E-state index contributed by atoms with van der Waals surface area (Å²) in [6, 6.07) is 12.8. The van der Waals surface area contributed by atoms with E-state index in [0.717, 1.165) is 6.26 Å². The van der Waals surface area contributed by atoms with Gasteiger partial charge in [-0.25, -0.2) is 13.4 Å². The predicted octanol–water partition coefficient (Wildman–Crippen LogP) is 4.26. The number of methoxy groups -OCH3 is 1. The fraction of sp³-hybridized carbons (Fsp3) is 0.200. The second-order valence-electron chi connectivity index (χ2n) is 6.55. The molecular formula is C20H19F3N4O3S. The fourth-order valence-electron chi connectivity index (χ4n) is 2.72. The molecule has 31 heavy (non-hydrogen) atoms. The number of hydrogen-bond acceptors (Lipinski definition) is 7. The van der Waals surface area contributed by atoms with Crippen LogP contribution >= 0.6 is 0 Å². The van der Waals surface area contributed by atoms with Gasteiger partial charge in [0, 0.05) is 19.0 Å². The number of ether oxygens (including phenoxy) is 1. The molecule has 164 valence electrons. The molecule has 0 amide bonds. The van der Waals surface area contributed by atoms with Crippen molar-refractivity contribution >= 4 is 27.3 Å². The maximum Gasteiger partial charge on any atom is 0.421 e. The lowest BCUT2D eigenvalue weighted by Gasteiger charge is -2.16. The molecule has 0 saturated carbocycles. The minimum absolute atomic E-state index is 0.0649. The van der Waals surface area contributed by atoms with Gasteiger partial charge in [0.15, 0.2) is 9.84 Å². The first-order valence-electron chi connectivity index (χ1n) is 8.95. The number of nitrogens with zero attached hydrogens (tertiary/aromatic N) is 2. The van der Waals surface area contributed by atoms with E-state index in [2.05, 4.69) is 20.6 Å². The standard InChI is InChI=1S/C20H19F3N4O3S/c1-30-17-9-4-3-8-16(17)26-19-25-12-15(20(21,22)23)18(27-19)24-11-13-6-5-7-14(10-13)31(2,28)29/h3-10,12H,11H2,1-2H3,(H2,24,25,26,27). The highest BCUT2D eigenvalue weighted by Gasteiger charge is 2.35. The lowest BCUT2D eigenvalue weighted by atomic mass is 10.2. The normalized spacial score (nSPS) is 11.8. The highest BCUT2D eigenvalue weighted by molar-refractivity contribution is 7.90. The SMILES string of the molecule is COc1ccccc1Nc1ncc(C(F)(F)F)c(NCc2cccc(S(C)(=O)=O)c2)n1. The van der Waals surface area contributed by atoms with E-state index in [0.29, 0.717) is 23.2 Å². The highest BCUT2D eigenvalue weighted by atomic mass is 32.2. The topological polar surface area (TPSA) is 93.2 Å². The molecule has 2 N–H and O–H groups in total. The smallest absolute Gasteiger partial charge is 0.421 e. The number of nitrogens with one attached hydrogen (secondary N) is 2. The molecule has 3 rings (SSSR count). The molecule has 0 unspecified atom stereocenters. The van der Waals surface area contributed by atoms with E-state index in [9.17, 15) is 21.6 Å². The van der Waals surface area contributed by atoms with Crippen LogP contribution in [0, 0.1) is 0 Å². The predicted molar refractivity (Wildman–Crippen MR) is 110 cm³/mol. The number of anilines is 3. The summed E-state index contributed by atoms with van der Waals surface area (Å²) in [6.45, 7) is -0.0719. The van der Waals surface area contributed by atoms with Crippen LogP contribution in [0.3, 0.4) is 0 Å². The number of hydrogen-bond donors (Lipinski definition) is 2. The van der Waals surface area contributed by atoms with Gasteiger partial charge in [0.05, 0.1) is 17.7 Å². The van der Waals surface area contributed by atoms with Crippen molar-refractivity contribution in [3.8, 4) is 5.75 Å². The third kappa shape index (κ3) is 5.63. The van der Waals surface area contributed by atoms with Crippen LogP contribution in [0.1, 0.15) is 11.1 Å². The van der Waals surface area contributed by atoms with Crippen LogP contribution in [0.15, 0.2) is 59.6 Å². The Morgan fingerprint density at radius 2 is 1.84 bits per heavy atom. The molecule has 0 aliphatic rings. The Bertz CT molecular complexity index is 1180. The van der Waals surface area contributed by atoms with Crippen LogP contribution in [0.4, 0.5) is 30.6 Å². The maximum atomic E-state index is 13.4. The van der Waals surface area contributed by atoms with Crippen molar-refractivity contribution in [1.29, 1.82) is 0 Å². The third-order valence-electron chi connectivity index (χ3n) is 4.23. The summed E-state index contributed by atoms with van der Waals surface area (Å²) in [7, 11) is -1.98. The van der Waals surface area contributed by atoms with Gasteiger partial charge in [-0.1, -0.05) is 24.3 Å². The molecule has 0 atom stereocenters. The average Bonchev–Trinajstić information content (AvgIpc) is 2.71. The van der Waals surface area contributed by atoms with Gasteiger partial charge in [0.1, 0.15) is 17.1 Å². The Kier molecular flexibility index (Phi) is 6.34. The van der Waals surface area contributed by atoms with E-state index < -0.39 is 27.4 Å². The summed E-state index contributed by atoms with van der Waals surface area (Å²) in [5, 5.41) is 5.47. The number of rotatable bonds is 7. The van der Waals surface area contributed by atoms with Crippen molar-refractivity contribution in [2.75, 3.05) is 24.0 Å². The van der Waals surface area contributed by atoms with Gasteiger partial charge in [-0.2, -0.15) is 18.2 Å². The van der Waals surface area contributed by atoms with Gasteiger partial charge >= 0.3 is 6.18 Å². The Hall–Kier alpha value is -3.34. The first kappa shape index (κ1) is 22.3. The van der Waals surface area contributed by atoms with Crippen molar-refractivity contribution in [2.24, 2.45) is 0 Å². The molecule has 1 aromatic heterocycles. The van der Waals surface area contributed by atoms with Crippen molar-refractivity contribution in [1.82, 2.24) is 9.97 Å². The molecule has 2 aromatic carbocycles. The molecule has 11 heteroatoms. The number of halogens is 3. The summed E-state index contributed by atoms with van der Waals surface area (Å²) in [5.41, 5.74) is -0.0807. The molecule has 0 spiro atoms. The summed E-state index contributed by atoms with van der Waals surface area (Å²) in [6.07, 6.45) is -2.94. The number of alkyl halides is 3. The summed E-state index contributed by atoms with van der Waals surface area (Å²) in [4.78, 5) is 7.80. The molecule has 0 aliphatic heterocycles. The van der Waals surface area contributed by atoms with Gasteiger partial charge in [-0.15, -0.1) is 0 Å². The van der Waals surface area contributed by atoms with E-state index >= 15 is 0 Å². The average molecular weight is 452 g/mol. The molecule has 1 heterocycles. The Labute approximate surface area is 177 Å². The summed E-state index contributed by atoms with van der Waals surface area (Å²) in [5.74, 6) is -0.0346. The largest absolute Gasteiger partial charge is 0.495 e. The number of benzene rings is 2. The number of sulfone groups is 1. The van der Waals surface area contributed by atoms with Gasteiger partial charge < -0.3 is 15.4 Å². The molecule has 3 aromatic rings. The zero-order chi connectivity index (χ0) is 22.6. The minimum atomic E-state index is -4.68. The first-order chi connectivity index (χ1) is 14.6. The maximum absolute atomic E-state index is 13.4. The summed E-state index contributed by atoms with van der Waals surface area (Å²) < 4.78 is 68.9. The van der Waals surface area contributed by atoms with E-state index in [-0.39, 0.29) is 17.4 Å². The molecular weight excluding hydrogens is 433 g/mol. The van der Waals surface area contributed by atoms with Crippen molar-refractivity contribution in [3.05, 3.63) is 65.9 Å². The second kappa shape index (κ2) is 8.80. The first-order valence-corrected chi connectivity index (χ1v) is 10.8. The zero-order valence-corrected chi connectivity index (χ0v) is 17.4. The van der Waals surface area contributed by atoms with Crippen LogP contribution in [-0.2, 0) is 22.6 Å². The molecule has 0 fully saturated rings. The van der Waals surface area contributed by atoms with Crippen LogP contribution < -0.4 is 15.4 Å². The zero-order valence-electron chi connectivity index (χ0n) is 16.6. The van der Waals surface area contributed by atoms with E-state index in [1.165, 1.54) is 25.3 Å². The molecule has 0 saturated heterocycles. The van der Waals surface area contributed by atoms with E-state index in [1.54, 1.807) is 30.3 Å². The Morgan fingerprint density at radius 1 is 1.10 bits per heavy atom. The number of para-hydroxylation sites is 2. The van der Waals surface area contributed by atoms with Crippen LogP contribution in [0.25, 0.3) is 0 Å². The van der Waals surface area contributed by atoms with Crippen LogP contribution in [-0.4, -0.2) is 31.8 Å². The van der Waals surface area contributed by atoms with Crippen molar-refractivity contribution in [3.63, 3.8) is 0 Å².